The average molecular weight is 342 g/mol. The van der Waals surface area contributed by atoms with Gasteiger partial charge in [0.15, 0.2) is 0 Å². The number of piperazine rings is 1. The predicted molar refractivity (Wildman–Crippen MR) is 97.2 cm³/mol. The standard InChI is InChI=1S/C20H27FN4/c21-19-8-4-5-9-20(19)25-11-10-17(22-25)16-23-12-14-24(15-13-23)18-6-2-1-3-7-18/h4-5,8-11,18H,1-3,6-7,12-16H2. The fourth-order valence-electron chi connectivity index (χ4n) is 4.18. The molecular weight excluding hydrogens is 315 g/mol. The van der Waals surface area contributed by atoms with E-state index in [-0.39, 0.29) is 5.82 Å². The Morgan fingerprint density at radius 3 is 2.48 bits per heavy atom. The Balaban J connectivity index is 1.32. The molecule has 0 amide bonds. The maximum absolute atomic E-state index is 13.9. The summed E-state index contributed by atoms with van der Waals surface area (Å²) in [5, 5.41) is 4.57. The van der Waals surface area contributed by atoms with Gasteiger partial charge in [0.25, 0.3) is 0 Å². The van der Waals surface area contributed by atoms with Crippen LogP contribution in [-0.2, 0) is 6.54 Å². The summed E-state index contributed by atoms with van der Waals surface area (Å²) in [5.74, 6) is -0.238. The molecule has 0 spiro atoms. The van der Waals surface area contributed by atoms with Crippen molar-refractivity contribution in [3.05, 3.63) is 48.0 Å². The summed E-state index contributed by atoms with van der Waals surface area (Å²) in [6.07, 6.45) is 8.84. The lowest BCUT2D eigenvalue weighted by Crippen LogP contribution is -2.50. The first-order valence-corrected chi connectivity index (χ1v) is 9.55. The van der Waals surface area contributed by atoms with E-state index in [4.69, 9.17) is 0 Å². The van der Waals surface area contributed by atoms with Crippen molar-refractivity contribution in [1.82, 2.24) is 19.6 Å². The molecule has 1 saturated heterocycles. The molecule has 0 bridgehead atoms. The van der Waals surface area contributed by atoms with Crippen LogP contribution in [0.3, 0.4) is 0 Å². The zero-order chi connectivity index (χ0) is 17.1. The van der Waals surface area contributed by atoms with Gasteiger partial charge >= 0.3 is 0 Å². The van der Waals surface area contributed by atoms with E-state index in [2.05, 4.69) is 14.9 Å². The zero-order valence-corrected chi connectivity index (χ0v) is 14.8. The van der Waals surface area contributed by atoms with Crippen LogP contribution in [0.2, 0.25) is 0 Å². The van der Waals surface area contributed by atoms with E-state index >= 15 is 0 Å². The number of nitrogens with zero attached hydrogens (tertiary/aromatic N) is 4. The van der Waals surface area contributed by atoms with Gasteiger partial charge in [0.1, 0.15) is 11.5 Å². The second-order valence-corrected chi connectivity index (χ2v) is 7.31. The quantitative estimate of drug-likeness (QED) is 0.850. The molecule has 4 rings (SSSR count). The van der Waals surface area contributed by atoms with Crippen molar-refractivity contribution in [2.75, 3.05) is 26.2 Å². The second-order valence-electron chi connectivity index (χ2n) is 7.31. The Hall–Kier alpha value is -1.72. The van der Waals surface area contributed by atoms with Crippen molar-refractivity contribution in [3.8, 4) is 5.69 Å². The van der Waals surface area contributed by atoms with Crippen molar-refractivity contribution in [1.29, 1.82) is 0 Å². The van der Waals surface area contributed by atoms with Gasteiger partial charge in [-0.2, -0.15) is 5.10 Å². The van der Waals surface area contributed by atoms with Gasteiger partial charge in [-0.15, -0.1) is 0 Å². The van der Waals surface area contributed by atoms with Crippen molar-refractivity contribution >= 4 is 0 Å². The molecule has 1 aliphatic heterocycles. The van der Waals surface area contributed by atoms with E-state index in [1.807, 2.05) is 18.3 Å². The Labute approximate surface area is 149 Å². The van der Waals surface area contributed by atoms with Gasteiger partial charge < -0.3 is 0 Å². The molecule has 2 heterocycles. The van der Waals surface area contributed by atoms with E-state index in [9.17, 15) is 4.39 Å². The second kappa shape index (κ2) is 7.67. The van der Waals surface area contributed by atoms with Crippen LogP contribution in [0.5, 0.6) is 0 Å². The number of benzene rings is 1. The monoisotopic (exact) mass is 342 g/mol. The highest BCUT2D eigenvalue weighted by Crippen LogP contribution is 2.23. The molecule has 1 aliphatic carbocycles. The van der Waals surface area contributed by atoms with Gasteiger partial charge in [0, 0.05) is 45.0 Å². The topological polar surface area (TPSA) is 24.3 Å². The summed E-state index contributed by atoms with van der Waals surface area (Å²) >= 11 is 0. The van der Waals surface area contributed by atoms with Gasteiger partial charge in [-0.3, -0.25) is 9.80 Å². The van der Waals surface area contributed by atoms with Gasteiger partial charge in [0.2, 0.25) is 0 Å². The van der Waals surface area contributed by atoms with Gasteiger partial charge in [-0.1, -0.05) is 31.4 Å². The van der Waals surface area contributed by atoms with Gasteiger partial charge in [-0.05, 0) is 31.0 Å². The Morgan fingerprint density at radius 1 is 0.960 bits per heavy atom. The highest BCUT2D eigenvalue weighted by Gasteiger charge is 2.25. The fraction of sp³-hybridized carbons (Fsp3) is 0.550. The summed E-state index contributed by atoms with van der Waals surface area (Å²) < 4.78 is 15.5. The number of halogens is 1. The molecule has 1 saturated carbocycles. The molecule has 1 aromatic heterocycles. The largest absolute Gasteiger partial charge is 0.298 e. The molecule has 0 unspecified atom stereocenters. The third-order valence-corrected chi connectivity index (χ3v) is 5.63. The lowest BCUT2D eigenvalue weighted by molar-refractivity contribution is 0.0748. The SMILES string of the molecule is Fc1ccccc1-n1ccc(CN2CCN(C3CCCCC3)CC2)n1. The van der Waals surface area contributed by atoms with E-state index in [1.165, 1.54) is 51.3 Å². The first-order chi connectivity index (χ1) is 12.3. The Morgan fingerprint density at radius 2 is 1.72 bits per heavy atom. The van der Waals surface area contributed by atoms with Crippen LogP contribution >= 0.6 is 0 Å². The molecule has 134 valence electrons. The zero-order valence-electron chi connectivity index (χ0n) is 14.8. The van der Waals surface area contributed by atoms with Crippen molar-refractivity contribution in [2.45, 2.75) is 44.7 Å². The highest BCUT2D eigenvalue weighted by molar-refractivity contribution is 5.32. The summed E-state index contributed by atoms with van der Waals surface area (Å²) in [6, 6.07) is 9.59. The molecule has 0 N–H and O–H groups in total. The van der Waals surface area contributed by atoms with E-state index in [0.717, 1.165) is 31.4 Å². The normalized spacial score (nSPS) is 20.8. The van der Waals surface area contributed by atoms with Crippen LogP contribution in [0.1, 0.15) is 37.8 Å². The molecule has 4 nitrogen and oxygen atoms in total. The maximum Gasteiger partial charge on any atom is 0.148 e. The van der Waals surface area contributed by atoms with Crippen LogP contribution in [0.25, 0.3) is 5.69 Å². The van der Waals surface area contributed by atoms with Gasteiger partial charge in [0.05, 0.1) is 5.69 Å². The van der Waals surface area contributed by atoms with Crippen molar-refractivity contribution in [3.63, 3.8) is 0 Å². The molecule has 2 aromatic rings. The fourth-order valence-corrected chi connectivity index (χ4v) is 4.18. The summed E-state index contributed by atoms with van der Waals surface area (Å²) in [4.78, 5) is 5.15. The molecule has 2 fully saturated rings. The molecule has 2 aliphatic rings. The maximum atomic E-state index is 13.9. The van der Waals surface area contributed by atoms with E-state index in [0.29, 0.717) is 5.69 Å². The van der Waals surface area contributed by atoms with Crippen molar-refractivity contribution < 1.29 is 4.39 Å². The molecular formula is C20H27FN4. The molecule has 5 heteroatoms. The minimum Gasteiger partial charge on any atom is -0.298 e. The molecule has 0 radical (unpaired) electrons. The number of aromatic nitrogens is 2. The van der Waals surface area contributed by atoms with Crippen LogP contribution in [0, 0.1) is 5.82 Å². The van der Waals surface area contributed by atoms with E-state index < -0.39 is 0 Å². The Bertz CT molecular complexity index is 685. The number of hydrogen-bond donors (Lipinski definition) is 0. The first-order valence-electron chi connectivity index (χ1n) is 9.55. The van der Waals surface area contributed by atoms with Crippen molar-refractivity contribution in [2.24, 2.45) is 0 Å². The van der Waals surface area contributed by atoms with Gasteiger partial charge in [-0.25, -0.2) is 9.07 Å². The molecule has 1 aromatic carbocycles. The third kappa shape index (κ3) is 3.93. The summed E-state index contributed by atoms with van der Waals surface area (Å²) in [7, 11) is 0. The number of para-hydroxylation sites is 1. The predicted octanol–water partition coefficient (Wildman–Crippen LogP) is 3.46. The lowest BCUT2D eigenvalue weighted by Gasteiger charge is -2.40. The number of hydrogen-bond acceptors (Lipinski definition) is 3. The smallest absolute Gasteiger partial charge is 0.148 e. The van der Waals surface area contributed by atoms with Crippen LogP contribution in [0.4, 0.5) is 4.39 Å². The molecule has 25 heavy (non-hydrogen) atoms. The summed E-state index contributed by atoms with van der Waals surface area (Å²) in [5.41, 5.74) is 1.52. The summed E-state index contributed by atoms with van der Waals surface area (Å²) in [6.45, 7) is 5.38. The minimum atomic E-state index is -0.238. The first kappa shape index (κ1) is 16.7. The molecule has 0 atom stereocenters. The third-order valence-electron chi connectivity index (χ3n) is 5.63. The average Bonchev–Trinajstić information content (AvgIpc) is 3.12. The van der Waals surface area contributed by atoms with Crippen LogP contribution in [-0.4, -0.2) is 51.8 Å². The lowest BCUT2D eigenvalue weighted by atomic mass is 9.94. The van der Waals surface area contributed by atoms with E-state index in [1.54, 1.807) is 16.8 Å². The van der Waals surface area contributed by atoms with Crippen LogP contribution in [0.15, 0.2) is 36.5 Å². The minimum absolute atomic E-state index is 0.238. The Kier molecular flexibility index (Phi) is 5.13. The van der Waals surface area contributed by atoms with Crippen LogP contribution < -0.4 is 0 Å². The number of rotatable bonds is 4. The highest BCUT2D eigenvalue weighted by atomic mass is 19.1.